The van der Waals surface area contributed by atoms with Crippen molar-refractivity contribution in [1.82, 2.24) is 0 Å². The molecule has 0 saturated carbocycles. The van der Waals surface area contributed by atoms with Gasteiger partial charge >= 0.3 is 11.9 Å². The van der Waals surface area contributed by atoms with E-state index in [-0.39, 0.29) is 12.5 Å². The average Bonchev–Trinajstić information content (AvgIpc) is 2.44. The fourth-order valence-corrected chi connectivity index (χ4v) is 1.42. The highest BCUT2D eigenvalue weighted by Gasteiger charge is 2.25. The summed E-state index contributed by atoms with van der Waals surface area (Å²) in [5.41, 5.74) is 6.52. The van der Waals surface area contributed by atoms with E-state index >= 15 is 0 Å². The third kappa shape index (κ3) is 5.01. The summed E-state index contributed by atoms with van der Waals surface area (Å²) in [5.74, 6) is -1.22. The molecular weight excluding hydrogens is 258 g/mol. The first kappa shape index (κ1) is 16.2. The van der Waals surface area contributed by atoms with Crippen LogP contribution >= 0.6 is 0 Å². The summed E-state index contributed by atoms with van der Waals surface area (Å²) in [6.45, 7) is 5.24. The topological polar surface area (TPSA) is 78.6 Å². The van der Waals surface area contributed by atoms with Gasteiger partial charge < -0.3 is 15.2 Å². The Morgan fingerprint density at radius 2 is 1.70 bits per heavy atom. The molecule has 0 bridgehead atoms. The summed E-state index contributed by atoms with van der Waals surface area (Å²) in [6.07, 6.45) is -0.962. The molecule has 0 radical (unpaired) electrons. The fraction of sp³-hybridized carbons (Fsp3) is 0.467. The molecule has 0 fully saturated rings. The molecule has 1 rings (SSSR count). The third-order valence-corrected chi connectivity index (χ3v) is 2.84. The average molecular weight is 279 g/mol. The lowest BCUT2D eigenvalue weighted by atomic mass is 10.1. The van der Waals surface area contributed by atoms with Crippen molar-refractivity contribution >= 4 is 11.9 Å². The van der Waals surface area contributed by atoms with Crippen LogP contribution in [0.3, 0.4) is 0 Å². The molecule has 0 saturated heterocycles. The normalized spacial score (nSPS) is 13.7. The third-order valence-electron chi connectivity index (χ3n) is 2.84. The maximum Gasteiger partial charge on any atom is 0.347 e. The Hall–Kier alpha value is -1.88. The van der Waals surface area contributed by atoms with Gasteiger partial charge in [-0.3, -0.25) is 4.79 Å². The molecule has 0 aromatic heterocycles. The Kier molecular flexibility index (Phi) is 6.18. The smallest absolute Gasteiger partial charge is 0.347 e. The molecule has 1 aromatic rings. The quantitative estimate of drug-likeness (QED) is 0.801. The van der Waals surface area contributed by atoms with Crippen molar-refractivity contribution in [3.05, 3.63) is 35.9 Å². The molecule has 0 aliphatic carbocycles. The van der Waals surface area contributed by atoms with Gasteiger partial charge in [-0.1, -0.05) is 44.2 Å². The first-order valence-electron chi connectivity index (χ1n) is 6.58. The van der Waals surface area contributed by atoms with Crippen LogP contribution in [-0.4, -0.2) is 24.1 Å². The van der Waals surface area contributed by atoms with Gasteiger partial charge in [-0.25, -0.2) is 4.79 Å². The molecule has 0 spiro atoms. The van der Waals surface area contributed by atoms with Crippen LogP contribution in [0.5, 0.6) is 0 Å². The molecule has 5 nitrogen and oxygen atoms in total. The molecule has 2 atom stereocenters. The lowest BCUT2D eigenvalue weighted by Crippen LogP contribution is -2.40. The van der Waals surface area contributed by atoms with Gasteiger partial charge in [0.15, 0.2) is 6.10 Å². The van der Waals surface area contributed by atoms with Crippen LogP contribution in [0.1, 0.15) is 26.3 Å². The standard InChI is InChI=1S/C15H21NO4/c1-10(2)13(16)15(18)20-11(3)14(17)19-9-12-7-5-4-6-8-12/h4-8,10-11,13H,9,16H2,1-3H3/t11-,13-/m0/s1. The van der Waals surface area contributed by atoms with Gasteiger partial charge in [0.25, 0.3) is 0 Å². The number of benzene rings is 1. The first-order valence-corrected chi connectivity index (χ1v) is 6.58. The van der Waals surface area contributed by atoms with E-state index in [9.17, 15) is 9.59 Å². The molecule has 0 amide bonds. The second kappa shape index (κ2) is 7.65. The predicted molar refractivity (Wildman–Crippen MR) is 74.6 cm³/mol. The van der Waals surface area contributed by atoms with E-state index in [1.54, 1.807) is 0 Å². The van der Waals surface area contributed by atoms with Crippen LogP contribution in [-0.2, 0) is 25.7 Å². The van der Waals surface area contributed by atoms with Gasteiger partial charge in [0.2, 0.25) is 0 Å². The van der Waals surface area contributed by atoms with Crippen molar-refractivity contribution in [2.24, 2.45) is 11.7 Å². The Balaban J connectivity index is 2.41. The van der Waals surface area contributed by atoms with E-state index in [2.05, 4.69) is 0 Å². The Morgan fingerprint density at radius 3 is 2.25 bits per heavy atom. The summed E-state index contributed by atoms with van der Waals surface area (Å²) < 4.78 is 10.1. The van der Waals surface area contributed by atoms with Crippen molar-refractivity contribution in [3.8, 4) is 0 Å². The molecule has 0 aliphatic rings. The highest BCUT2D eigenvalue weighted by atomic mass is 16.6. The Morgan fingerprint density at radius 1 is 1.10 bits per heavy atom. The molecule has 20 heavy (non-hydrogen) atoms. The Bertz CT molecular complexity index is 444. The van der Waals surface area contributed by atoms with Crippen molar-refractivity contribution < 1.29 is 19.1 Å². The fourth-order valence-electron chi connectivity index (χ4n) is 1.42. The minimum absolute atomic E-state index is 0.0463. The van der Waals surface area contributed by atoms with Crippen LogP contribution < -0.4 is 5.73 Å². The number of esters is 2. The highest BCUT2D eigenvalue weighted by Crippen LogP contribution is 2.06. The van der Waals surface area contributed by atoms with Gasteiger partial charge in [0.1, 0.15) is 12.6 Å². The van der Waals surface area contributed by atoms with E-state index in [0.29, 0.717) is 0 Å². The van der Waals surface area contributed by atoms with E-state index in [0.717, 1.165) is 5.56 Å². The zero-order valence-electron chi connectivity index (χ0n) is 12.0. The SMILES string of the molecule is CC(C)[C@H](N)C(=O)O[C@@H](C)C(=O)OCc1ccccc1. The first-order chi connectivity index (χ1) is 9.41. The van der Waals surface area contributed by atoms with E-state index < -0.39 is 24.1 Å². The highest BCUT2D eigenvalue weighted by molar-refractivity contribution is 5.81. The molecule has 2 N–H and O–H groups in total. The Labute approximate surface area is 119 Å². The molecule has 1 aromatic carbocycles. The summed E-state index contributed by atoms with van der Waals surface area (Å²) >= 11 is 0. The van der Waals surface area contributed by atoms with Crippen LogP contribution in [0.2, 0.25) is 0 Å². The molecule has 0 heterocycles. The van der Waals surface area contributed by atoms with Gasteiger partial charge in [-0.05, 0) is 18.4 Å². The van der Waals surface area contributed by atoms with Crippen LogP contribution in [0.4, 0.5) is 0 Å². The summed E-state index contributed by atoms with van der Waals surface area (Å²) in [6, 6.07) is 8.54. The largest absolute Gasteiger partial charge is 0.458 e. The van der Waals surface area contributed by atoms with Crippen LogP contribution in [0.15, 0.2) is 30.3 Å². The molecule has 0 aliphatic heterocycles. The summed E-state index contributed by atoms with van der Waals surface area (Å²) in [5, 5.41) is 0. The van der Waals surface area contributed by atoms with Gasteiger partial charge in [-0.2, -0.15) is 0 Å². The number of hydrogen-bond donors (Lipinski definition) is 1. The lowest BCUT2D eigenvalue weighted by molar-refractivity contribution is -0.168. The number of carbonyl (C=O) groups is 2. The number of ether oxygens (including phenoxy) is 2. The van der Waals surface area contributed by atoms with Crippen LogP contribution in [0, 0.1) is 5.92 Å². The number of nitrogens with two attached hydrogens (primary N) is 1. The van der Waals surface area contributed by atoms with Gasteiger partial charge in [-0.15, -0.1) is 0 Å². The molecule has 110 valence electrons. The number of carbonyl (C=O) groups excluding carboxylic acids is 2. The van der Waals surface area contributed by atoms with Gasteiger partial charge in [0.05, 0.1) is 0 Å². The number of hydrogen-bond acceptors (Lipinski definition) is 5. The molecule has 5 heteroatoms. The minimum Gasteiger partial charge on any atom is -0.458 e. The maximum atomic E-state index is 11.7. The maximum absolute atomic E-state index is 11.7. The minimum atomic E-state index is -0.962. The molecular formula is C15H21NO4. The number of rotatable bonds is 6. The van der Waals surface area contributed by atoms with Crippen molar-refractivity contribution in [2.45, 2.75) is 39.5 Å². The lowest BCUT2D eigenvalue weighted by Gasteiger charge is -2.18. The molecule has 0 unspecified atom stereocenters. The second-order valence-electron chi connectivity index (χ2n) is 4.94. The summed E-state index contributed by atoms with van der Waals surface area (Å²) in [7, 11) is 0. The summed E-state index contributed by atoms with van der Waals surface area (Å²) in [4.78, 5) is 23.3. The van der Waals surface area contributed by atoms with E-state index in [1.165, 1.54) is 6.92 Å². The van der Waals surface area contributed by atoms with E-state index in [4.69, 9.17) is 15.2 Å². The van der Waals surface area contributed by atoms with Crippen molar-refractivity contribution in [2.75, 3.05) is 0 Å². The monoisotopic (exact) mass is 279 g/mol. The van der Waals surface area contributed by atoms with Crippen LogP contribution in [0.25, 0.3) is 0 Å². The van der Waals surface area contributed by atoms with Crippen molar-refractivity contribution in [3.63, 3.8) is 0 Å². The zero-order chi connectivity index (χ0) is 15.1. The zero-order valence-corrected chi connectivity index (χ0v) is 12.0. The predicted octanol–water partition coefficient (Wildman–Crippen LogP) is 1.64. The van der Waals surface area contributed by atoms with Gasteiger partial charge in [0, 0.05) is 0 Å². The second-order valence-corrected chi connectivity index (χ2v) is 4.94. The van der Waals surface area contributed by atoms with Crippen molar-refractivity contribution in [1.29, 1.82) is 0 Å². The van der Waals surface area contributed by atoms with E-state index in [1.807, 2.05) is 44.2 Å².